The summed E-state index contributed by atoms with van der Waals surface area (Å²) in [6.07, 6.45) is 3.06. The van der Waals surface area contributed by atoms with Gasteiger partial charge in [-0.25, -0.2) is 0 Å². The molecule has 1 rings (SSSR count). The quantitative estimate of drug-likeness (QED) is 0.706. The van der Waals surface area contributed by atoms with Gasteiger partial charge in [0.25, 0.3) is 0 Å². The van der Waals surface area contributed by atoms with Crippen LogP contribution < -0.4 is 5.32 Å². The Kier molecular flexibility index (Phi) is 7.73. The zero-order valence-corrected chi connectivity index (χ0v) is 13.2. The van der Waals surface area contributed by atoms with Crippen molar-refractivity contribution in [2.45, 2.75) is 52.9 Å². The lowest BCUT2D eigenvalue weighted by atomic mass is 10.2. The molecule has 0 aliphatic carbocycles. The zero-order valence-electron chi connectivity index (χ0n) is 13.2. The highest BCUT2D eigenvalue weighted by Gasteiger charge is 2.08. The third kappa shape index (κ3) is 8.25. The molecule has 0 spiro atoms. The number of pyridine rings is 1. The van der Waals surface area contributed by atoms with Gasteiger partial charge in [-0.05, 0) is 45.4 Å². The van der Waals surface area contributed by atoms with Crippen molar-refractivity contribution in [3.05, 3.63) is 29.6 Å². The first-order valence-electron chi connectivity index (χ1n) is 7.37. The Balaban J connectivity index is 2.18. The average Bonchev–Trinajstić information content (AvgIpc) is 2.39. The molecule has 0 aromatic carbocycles. The van der Waals surface area contributed by atoms with Gasteiger partial charge in [-0.1, -0.05) is 13.0 Å². The number of ether oxygens (including phenoxy) is 2. The summed E-state index contributed by atoms with van der Waals surface area (Å²) in [5.74, 6) is 0. The highest BCUT2D eigenvalue weighted by Crippen LogP contribution is 2.06. The number of hydrogen-bond donors (Lipinski definition) is 1. The Labute approximate surface area is 122 Å². The molecule has 0 aliphatic rings. The van der Waals surface area contributed by atoms with Crippen LogP contribution in [0.2, 0.25) is 0 Å². The third-order valence-corrected chi connectivity index (χ3v) is 2.65. The van der Waals surface area contributed by atoms with E-state index in [1.165, 1.54) is 5.56 Å². The number of nitrogens with one attached hydrogen (secondary N) is 1. The molecule has 0 saturated carbocycles. The van der Waals surface area contributed by atoms with Crippen molar-refractivity contribution in [2.75, 3.05) is 19.8 Å². The molecule has 0 atom stereocenters. The van der Waals surface area contributed by atoms with Crippen LogP contribution in [0.1, 0.15) is 45.4 Å². The molecule has 0 fully saturated rings. The molecule has 1 N–H and O–H groups in total. The van der Waals surface area contributed by atoms with Gasteiger partial charge in [-0.15, -0.1) is 0 Å². The first kappa shape index (κ1) is 17.1. The Bertz CT molecular complexity index is 358. The topological polar surface area (TPSA) is 43.4 Å². The van der Waals surface area contributed by atoms with E-state index in [1.807, 2.05) is 33.0 Å². The summed E-state index contributed by atoms with van der Waals surface area (Å²) in [6.45, 7) is 12.0. The SMILES string of the molecule is CCCNCc1ccc(COCCOC(C)(C)C)nc1. The zero-order chi connectivity index (χ0) is 14.8. The summed E-state index contributed by atoms with van der Waals surface area (Å²) >= 11 is 0. The standard InChI is InChI=1S/C16H28N2O2/c1-5-8-17-11-14-6-7-15(18-12-14)13-19-9-10-20-16(2,3)4/h6-7,12,17H,5,8-11,13H2,1-4H3. The lowest BCUT2D eigenvalue weighted by molar-refractivity contribution is -0.0380. The highest BCUT2D eigenvalue weighted by molar-refractivity contribution is 5.13. The lowest BCUT2D eigenvalue weighted by Crippen LogP contribution is -2.21. The van der Waals surface area contributed by atoms with Crippen molar-refractivity contribution >= 4 is 0 Å². The molecular weight excluding hydrogens is 252 g/mol. The van der Waals surface area contributed by atoms with Crippen LogP contribution >= 0.6 is 0 Å². The number of rotatable bonds is 9. The molecule has 4 nitrogen and oxygen atoms in total. The number of aromatic nitrogens is 1. The van der Waals surface area contributed by atoms with Crippen LogP contribution in [0.3, 0.4) is 0 Å². The van der Waals surface area contributed by atoms with Crippen molar-refractivity contribution in [3.8, 4) is 0 Å². The van der Waals surface area contributed by atoms with E-state index in [-0.39, 0.29) is 5.60 Å². The fourth-order valence-corrected chi connectivity index (χ4v) is 1.64. The molecule has 0 saturated heterocycles. The normalized spacial score (nSPS) is 11.8. The van der Waals surface area contributed by atoms with E-state index in [0.717, 1.165) is 25.2 Å². The average molecular weight is 280 g/mol. The van der Waals surface area contributed by atoms with E-state index in [2.05, 4.69) is 23.3 Å². The van der Waals surface area contributed by atoms with Crippen LogP contribution in [0.4, 0.5) is 0 Å². The molecule has 1 aromatic heterocycles. The van der Waals surface area contributed by atoms with E-state index < -0.39 is 0 Å². The largest absolute Gasteiger partial charge is 0.373 e. The molecule has 0 radical (unpaired) electrons. The van der Waals surface area contributed by atoms with E-state index in [0.29, 0.717) is 19.8 Å². The van der Waals surface area contributed by atoms with Gasteiger partial charge in [0.1, 0.15) is 0 Å². The Morgan fingerprint density at radius 3 is 2.60 bits per heavy atom. The van der Waals surface area contributed by atoms with E-state index in [4.69, 9.17) is 9.47 Å². The molecular formula is C16H28N2O2. The van der Waals surface area contributed by atoms with E-state index >= 15 is 0 Å². The van der Waals surface area contributed by atoms with Gasteiger partial charge in [0.05, 0.1) is 31.1 Å². The monoisotopic (exact) mass is 280 g/mol. The van der Waals surface area contributed by atoms with Gasteiger partial charge >= 0.3 is 0 Å². The third-order valence-electron chi connectivity index (χ3n) is 2.65. The minimum atomic E-state index is -0.102. The van der Waals surface area contributed by atoms with Crippen LogP contribution in [-0.4, -0.2) is 30.3 Å². The van der Waals surface area contributed by atoms with Crippen LogP contribution in [0.25, 0.3) is 0 Å². The maximum absolute atomic E-state index is 5.59. The van der Waals surface area contributed by atoms with E-state index in [9.17, 15) is 0 Å². The van der Waals surface area contributed by atoms with Gasteiger partial charge in [-0.3, -0.25) is 4.98 Å². The minimum absolute atomic E-state index is 0.102. The van der Waals surface area contributed by atoms with Crippen LogP contribution in [0.15, 0.2) is 18.3 Å². The summed E-state index contributed by atoms with van der Waals surface area (Å²) in [5.41, 5.74) is 2.06. The first-order chi connectivity index (χ1) is 9.51. The van der Waals surface area contributed by atoms with Crippen LogP contribution in [0, 0.1) is 0 Å². The van der Waals surface area contributed by atoms with Gasteiger partial charge in [-0.2, -0.15) is 0 Å². The molecule has 0 unspecified atom stereocenters. The van der Waals surface area contributed by atoms with E-state index in [1.54, 1.807) is 0 Å². The lowest BCUT2D eigenvalue weighted by Gasteiger charge is -2.19. The summed E-state index contributed by atoms with van der Waals surface area (Å²) in [4.78, 5) is 4.40. The predicted molar refractivity (Wildman–Crippen MR) is 81.6 cm³/mol. The Morgan fingerprint density at radius 1 is 1.20 bits per heavy atom. The van der Waals surface area contributed by atoms with Crippen molar-refractivity contribution in [2.24, 2.45) is 0 Å². The van der Waals surface area contributed by atoms with Gasteiger partial charge in [0, 0.05) is 12.7 Å². The summed E-state index contributed by atoms with van der Waals surface area (Å²) < 4.78 is 11.1. The smallest absolute Gasteiger partial charge is 0.0889 e. The maximum atomic E-state index is 5.59. The molecule has 0 bridgehead atoms. The minimum Gasteiger partial charge on any atom is -0.373 e. The molecule has 1 heterocycles. The van der Waals surface area contributed by atoms with Crippen molar-refractivity contribution in [1.82, 2.24) is 10.3 Å². The summed E-state index contributed by atoms with van der Waals surface area (Å²) in [7, 11) is 0. The van der Waals surface area contributed by atoms with Crippen molar-refractivity contribution in [1.29, 1.82) is 0 Å². The Morgan fingerprint density at radius 2 is 2.00 bits per heavy atom. The Hall–Kier alpha value is -0.970. The van der Waals surface area contributed by atoms with Crippen molar-refractivity contribution in [3.63, 3.8) is 0 Å². The molecule has 0 amide bonds. The molecule has 1 aromatic rings. The summed E-state index contributed by atoms with van der Waals surface area (Å²) in [5, 5.41) is 3.36. The summed E-state index contributed by atoms with van der Waals surface area (Å²) in [6, 6.07) is 4.12. The van der Waals surface area contributed by atoms with Crippen LogP contribution in [-0.2, 0) is 22.6 Å². The second-order valence-corrected chi connectivity index (χ2v) is 5.85. The fraction of sp³-hybridized carbons (Fsp3) is 0.688. The molecule has 0 aliphatic heterocycles. The number of nitrogens with zero attached hydrogens (tertiary/aromatic N) is 1. The van der Waals surface area contributed by atoms with Gasteiger partial charge < -0.3 is 14.8 Å². The number of hydrogen-bond acceptors (Lipinski definition) is 4. The first-order valence-corrected chi connectivity index (χ1v) is 7.37. The fourth-order valence-electron chi connectivity index (χ4n) is 1.64. The second kappa shape index (κ2) is 9.06. The maximum Gasteiger partial charge on any atom is 0.0889 e. The predicted octanol–water partition coefficient (Wildman–Crippen LogP) is 2.91. The van der Waals surface area contributed by atoms with Gasteiger partial charge in [0.2, 0.25) is 0 Å². The molecule has 20 heavy (non-hydrogen) atoms. The van der Waals surface area contributed by atoms with Crippen molar-refractivity contribution < 1.29 is 9.47 Å². The highest BCUT2D eigenvalue weighted by atomic mass is 16.5. The molecule has 4 heteroatoms. The van der Waals surface area contributed by atoms with Crippen LogP contribution in [0.5, 0.6) is 0 Å². The van der Waals surface area contributed by atoms with Gasteiger partial charge in [0.15, 0.2) is 0 Å². The second-order valence-electron chi connectivity index (χ2n) is 5.85. The molecule has 114 valence electrons.